The minimum atomic E-state index is -0.132. The quantitative estimate of drug-likeness (QED) is 0.945. The lowest BCUT2D eigenvalue weighted by Gasteiger charge is -2.21. The molecule has 1 aliphatic heterocycles. The lowest BCUT2D eigenvalue weighted by atomic mass is 10.2. The van der Waals surface area contributed by atoms with E-state index in [0.29, 0.717) is 17.3 Å². The van der Waals surface area contributed by atoms with E-state index in [1.165, 1.54) is 0 Å². The molecule has 1 aliphatic rings. The monoisotopic (exact) mass is 305 g/mol. The highest BCUT2D eigenvalue weighted by atomic mass is 35.5. The summed E-state index contributed by atoms with van der Waals surface area (Å²) in [5.74, 6) is -0.132. The Hall–Kier alpha value is -1.85. The lowest BCUT2D eigenvalue weighted by molar-refractivity contribution is 0.0671. The first-order valence-corrected chi connectivity index (χ1v) is 7.30. The molecule has 3 rings (SSSR count). The van der Waals surface area contributed by atoms with Crippen LogP contribution < -0.4 is 0 Å². The van der Waals surface area contributed by atoms with Crippen molar-refractivity contribution in [1.82, 2.24) is 14.7 Å². The van der Waals surface area contributed by atoms with Crippen LogP contribution in [0.3, 0.4) is 0 Å². The lowest BCUT2D eigenvalue weighted by Crippen LogP contribution is -2.37. The molecule has 21 heavy (non-hydrogen) atoms. The molecule has 0 radical (unpaired) electrons. The smallest absolute Gasteiger partial charge is 0.274 e. The van der Waals surface area contributed by atoms with Gasteiger partial charge in [-0.1, -0.05) is 17.7 Å². The van der Waals surface area contributed by atoms with E-state index in [9.17, 15) is 9.90 Å². The third-order valence-corrected chi connectivity index (χ3v) is 3.96. The van der Waals surface area contributed by atoms with Crippen LogP contribution in [0, 0.1) is 0 Å². The molecule has 6 heteroatoms. The number of nitrogens with zero attached hydrogens (tertiary/aromatic N) is 3. The van der Waals surface area contributed by atoms with Crippen molar-refractivity contribution in [2.45, 2.75) is 18.9 Å². The maximum Gasteiger partial charge on any atom is 0.274 e. The number of aliphatic hydroxyl groups excluding tert-OH is 1. The maximum absolute atomic E-state index is 12.4. The second-order valence-corrected chi connectivity index (χ2v) is 5.54. The van der Waals surface area contributed by atoms with Gasteiger partial charge in [0.15, 0.2) is 5.69 Å². The molecule has 0 bridgehead atoms. The average Bonchev–Trinajstić information content (AvgIpc) is 3.15. The minimum absolute atomic E-state index is 0.000736. The first-order chi connectivity index (χ1) is 10.2. The van der Waals surface area contributed by atoms with Crippen LogP contribution in [0.4, 0.5) is 0 Å². The molecule has 1 amide bonds. The molecule has 1 atom stereocenters. The van der Waals surface area contributed by atoms with Crippen LogP contribution in [0.15, 0.2) is 36.5 Å². The third-order valence-electron chi connectivity index (χ3n) is 3.73. The number of aromatic nitrogens is 2. The normalized spacial score (nSPS) is 18.2. The zero-order valence-electron chi connectivity index (χ0n) is 11.4. The predicted octanol–water partition coefficient (Wildman–Crippen LogP) is 2.12. The summed E-state index contributed by atoms with van der Waals surface area (Å²) in [7, 11) is 0. The zero-order chi connectivity index (χ0) is 14.8. The van der Waals surface area contributed by atoms with Crippen LogP contribution >= 0.6 is 11.6 Å². The number of carbonyl (C=O) groups is 1. The molecule has 110 valence electrons. The molecule has 0 unspecified atom stereocenters. The van der Waals surface area contributed by atoms with Gasteiger partial charge in [0.05, 0.1) is 18.3 Å². The average molecular weight is 306 g/mol. The van der Waals surface area contributed by atoms with Gasteiger partial charge in [0.2, 0.25) is 0 Å². The Kier molecular flexibility index (Phi) is 3.94. The standard InChI is InChI=1S/C15H16ClN3O2/c16-11-3-1-4-12(9-11)19-8-6-14(17-19)15(21)18-7-2-5-13(18)10-20/h1,3-4,6,8-9,13,20H,2,5,7,10H2/t13-/m1/s1. The fourth-order valence-corrected chi connectivity index (χ4v) is 2.82. The van der Waals surface area contributed by atoms with Crippen molar-refractivity contribution in [1.29, 1.82) is 0 Å². The molecule has 2 heterocycles. The van der Waals surface area contributed by atoms with E-state index < -0.39 is 0 Å². The number of halogens is 1. The largest absolute Gasteiger partial charge is 0.394 e. The summed E-state index contributed by atoms with van der Waals surface area (Å²) in [6.07, 6.45) is 3.51. The number of benzene rings is 1. The van der Waals surface area contributed by atoms with Crippen LogP contribution in [0.25, 0.3) is 5.69 Å². The Morgan fingerprint density at radius 3 is 3.05 bits per heavy atom. The van der Waals surface area contributed by atoms with E-state index in [1.54, 1.807) is 34.0 Å². The van der Waals surface area contributed by atoms with Crippen LogP contribution in [0.5, 0.6) is 0 Å². The number of carbonyl (C=O) groups excluding carboxylic acids is 1. The van der Waals surface area contributed by atoms with Gasteiger partial charge in [0, 0.05) is 17.8 Å². The SMILES string of the molecule is O=C(c1ccn(-c2cccc(Cl)c2)n1)N1CCC[C@@H]1CO. The molecule has 2 aromatic rings. The Balaban J connectivity index is 1.83. The molecule has 1 aromatic heterocycles. The van der Waals surface area contributed by atoms with E-state index in [4.69, 9.17) is 11.6 Å². The summed E-state index contributed by atoms with van der Waals surface area (Å²) in [6.45, 7) is 0.675. The van der Waals surface area contributed by atoms with Gasteiger partial charge in [-0.3, -0.25) is 4.79 Å². The summed E-state index contributed by atoms with van der Waals surface area (Å²) in [5, 5.41) is 14.3. The van der Waals surface area contributed by atoms with Gasteiger partial charge < -0.3 is 10.0 Å². The fraction of sp³-hybridized carbons (Fsp3) is 0.333. The number of hydrogen-bond acceptors (Lipinski definition) is 3. The van der Waals surface area contributed by atoms with Gasteiger partial charge in [-0.15, -0.1) is 0 Å². The van der Waals surface area contributed by atoms with E-state index in [-0.39, 0.29) is 18.6 Å². The summed E-state index contributed by atoms with van der Waals surface area (Å²) >= 11 is 5.96. The van der Waals surface area contributed by atoms with Crippen molar-refractivity contribution in [3.8, 4) is 5.69 Å². The Morgan fingerprint density at radius 1 is 1.43 bits per heavy atom. The summed E-state index contributed by atoms with van der Waals surface area (Å²) < 4.78 is 1.63. The molecule has 0 saturated carbocycles. The molecule has 0 spiro atoms. The molecule has 1 saturated heterocycles. The first-order valence-electron chi connectivity index (χ1n) is 6.92. The van der Waals surface area contributed by atoms with E-state index in [2.05, 4.69) is 5.10 Å². The molecule has 1 N–H and O–H groups in total. The number of aliphatic hydroxyl groups is 1. The van der Waals surface area contributed by atoms with Crippen LogP contribution in [0.1, 0.15) is 23.3 Å². The van der Waals surface area contributed by atoms with Crippen LogP contribution in [0.2, 0.25) is 5.02 Å². The van der Waals surface area contributed by atoms with E-state index >= 15 is 0 Å². The van der Waals surface area contributed by atoms with Crippen molar-refractivity contribution in [3.05, 3.63) is 47.2 Å². The molecule has 0 aliphatic carbocycles. The zero-order valence-corrected chi connectivity index (χ0v) is 12.2. The van der Waals surface area contributed by atoms with Gasteiger partial charge in [0.25, 0.3) is 5.91 Å². The van der Waals surface area contributed by atoms with Crippen LogP contribution in [-0.4, -0.2) is 44.9 Å². The fourth-order valence-electron chi connectivity index (χ4n) is 2.64. The highest BCUT2D eigenvalue weighted by molar-refractivity contribution is 6.30. The van der Waals surface area contributed by atoms with Crippen molar-refractivity contribution in [2.24, 2.45) is 0 Å². The Bertz CT molecular complexity index is 656. The van der Waals surface area contributed by atoms with Crippen LogP contribution in [-0.2, 0) is 0 Å². The van der Waals surface area contributed by atoms with Crippen molar-refractivity contribution in [2.75, 3.05) is 13.2 Å². The van der Waals surface area contributed by atoms with Gasteiger partial charge in [0.1, 0.15) is 0 Å². The van der Waals surface area contributed by atoms with Crippen molar-refractivity contribution in [3.63, 3.8) is 0 Å². The topological polar surface area (TPSA) is 58.4 Å². The Morgan fingerprint density at radius 2 is 2.29 bits per heavy atom. The minimum Gasteiger partial charge on any atom is -0.394 e. The van der Waals surface area contributed by atoms with Crippen molar-refractivity contribution < 1.29 is 9.90 Å². The number of rotatable bonds is 3. The highest BCUT2D eigenvalue weighted by Crippen LogP contribution is 2.20. The number of hydrogen-bond donors (Lipinski definition) is 1. The highest BCUT2D eigenvalue weighted by Gasteiger charge is 2.29. The van der Waals surface area contributed by atoms with Gasteiger partial charge in [-0.25, -0.2) is 4.68 Å². The van der Waals surface area contributed by atoms with Gasteiger partial charge in [-0.05, 0) is 37.1 Å². The van der Waals surface area contributed by atoms with E-state index in [1.807, 2.05) is 12.1 Å². The molecule has 1 fully saturated rings. The third kappa shape index (κ3) is 2.80. The summed E-state index contributed by atoms with van der Waals surface area (Å²) in [5.41, 5.74) is 1.19. The second-order valence-electron chi connectivity index (χ2n) is 5.10. The second kappa shape index (κ2) is 5.87. The van der Waals surface area contributed by atoms with Gasteiger partial charge in [-0.2, -0.15) is 5.10 Å². The predicted molar refractivity (Wildman–Crippen MR) is 79.7 cm³/mol. The number of likely N-dealkylation sites (tertiary alicyclic amines) is 1. The molecular weight excluding hydrogens is 290 g/mol. The van der Waals surface area contributed by atoms with Gasteiger partial charge >= 0.3 is 0 Å². The van der Waals surface area contributed by atoms with E-state index in [0.717, 1.165) is 18.5 Å². The molecular formula is C15H16ClN3O2. The summed E-state index contributed by atoms with van der Waals surface area (Å²) in [4.78, 5) is 14.1. The number of amides is 1. The summed E-state index contributed by atoms with van der Waals surface area (Å²) in [6, 6.07) is 8.89. The Labute approximate surface area is 127 Å². The molecule has 1 aromatic carbocycles. The first kappa shape index (κ1) is 14.1. The van der Waals surface area contributed by atoms with Crippen molar-refractivity contribution >= 4 is 17.5 Å². The molecule has 5 nitrogen and oxygen atoms in total. The maximum atomic E-state index is 12.4.